The fourth-order valence-electron chi connectivity index (χ4n) is 2.31. The van der Waals surface area contributed by atoms with Crippen molar-refractivity contribution in [2.45, 2.75) is 25.7 Å². The van der Waals surface area contributed by atoms with E-state index in [9.17, 15) is 9.59 Å². The lowest BCUT2D eigenvalue weighted by Gasteiger charge is -2.16. The maximum Gasteiger partial charge on any atom is 0.307 e. The van der Waals surface area contributed by atoms with Gasteiger partial charge in [0.2, 0.25) is 5.91 Å². The molecular formula is C12H22N2O3. The number of nitrogens with one attached hydrogen (secondary N) is 1. The molecule has 0 heterocycles. The van der Waals surface area contributed by atoms with Crippen molar-refractivity contribution >= 4 is 11.9 Å². The summed E-state index contributed by atoms with van der Waals surface area (Å²) in [5.41, 5.74) is 0. The van der Waals surface area contributed by atoms with Crippen LogP contribution in [-0.2, 0) is 9.59 Å². The van der Waals surface area contributed by atoms with Gasteiger partial charge in [0.1, 0.15) is 0 Å². The Kier molecular flexibility index (Phi) is 5.41. The van der Waals surface area contributed by atoms with Gasteiger partial charge in [0.15, 0.2) is 0 Å². The maximum atomic E-state index is 11.8. The van der Waals surface area contributed by atoms with Crippen LogP contribution < -0.4 is 5.32 Å². The van der Waals surface area contributed by atoms with Gasteiger partial charge in [-0.2, -0.15) is 0 Å². The molecule has 98 valence electrons. The zero-order valence-electron chi connectivity index (χ0n) is 10.6. The molecular weight excluding hydrogens is 220 g/mol. The third-order valence-electron chi connectivity index (χ3n) is 3.25. The zero-order valence-corrected chi connectivity index (χ0v) is 10.6. The van der Waals surface area contributed by atoms with Crippen molar-refractivity contribution in [1.82, 2.24) is 10.2 Å². The maximum absolute atomic E-state index is 11.8. The van der Waals surface area contributed by atoms with Gasteiger partial charge >= 0.3 is 5.97 Å². The van der Waals surface area contributed by atoms with Crippen LogP contribution in [0.15, 0.2) is 0 Å². The highest BCUT2D eigenvalue weighted by molar-refractivity contribution is 5.85. The van der Waals surface area contributed by atoms with E-state index in [4.69, 9.17) is 5.11 Å². The molecule has 0 aromatic carbocycles. The topological polar surface area (TPSA) is 69.6 Å². The number of hydrogen-bond acceptors (Lipinski definition) is 3. The van der Waals surface area contributed by atoms with Gasteiger partial charge in [0, 0.05) is 6.54 Å². The highest BCUT2D eigenvalue weighted by Crippen LogP contribution is 2.31. The summed E-state index contributed by atoms with van der Waals surface area (Å²) in [7, 11) is 3.97. The Bertz CT molecular complexity index is 279. The molecule has 0 aromatic rings. The van der Waals surface area contributed by atoms with E-state index in [2.05, 4.69) is 10.2 Å². The van der Waals surface area contributed by atoms with Crippen molar-refractivity contribution in [3.05, 3.63) is 0 Å². The second-order valence-electron chi connectivity index (χ2n) is 4.93. The average Bonchev–Trinajstić information content (AvgIpc) is 2.72. The minimum Gasteiger partial charge on any atom is -0.481 e. The molecule has 2 atom stereocenters. The normalized spacial score (nSPS) is 23.9. The molecule has 0 unspecified atom stereocenters. The molecule has 0 spiro atoms. The van der Waals surface area contributed by atoms with Crippen molar-refractivity contribution in [2.75, 3.05) is 27.2 Å². The van der Waals surface area contributed by atoms with E-state index in [1.807, 2.05) is 14.1 Å². The summed E-state index contributed by atoms with van der Waals surface area (Å²) in [6, 6.07) is 0. The first-order valence-corrected chi connectivity index (χ1v) is 6.17. The number of amides is 1. The SMILES string of the molecule is CN(C)CCCNC(=O)[C@@H]1CCC[C@@H]1C(=O)O. The lowest BCUT2D eigenvalue weighted by atomic mass is 9.95. The van der Waals surface area contributed by atoms with Crippen LogP contribution in [0.25, 0.3) is 0 Å². The van der Waals surface area contributed by atoms with Gasteiger partial charge in [0.25, 0.3) is 0 Å². The monoisotopic (exact) mass is 242 g/mol. The molecule has 1 aliphatic carbocycles. The molecule has 0 saturated heterocycles. The lowest BCUT2D eigenvalue weighted by Crippen LogP contribution is -2.36. The third-order valence-corrected chi connectivity index (χ3v) is 3.25. The number of rotatable bonds is 6. The molecule has 1 amide bonds. The first-order valence-electron chi connectivity index (χ1n) is 6.17. The van der Waals surface area contributed by atoms with Crippen LogP contribution in [-0.4, -0.2) is 49.1 Å². The highest BCUT2D eigenvalue weighted by Gasteiger charge is 2.37. The number of aliphatic carboxylic acids is 1. The molecule has 0 radical (unpaired) electrons. The first kappa shape index (κ1) is 14.0. The number of carbonyl (C=O) groups is 2. The van der Waals surface area contributed by atoms with Crippen LogP contribution in [0.3, 0.4) is 0 Å². The molecule has 0 aliphatic heterocycles. The van der Waals surface area contributed by atoms with Crippen LogP contribution in [0.5, 0.6) is 0 Å². The standard InChI is InChI=1S/C12H22N2O3/c1-14(2)8-4-7-13-11(15)9-5-3-6-10(9)12(16)17/h9-10H,3-8H2,1-2H3,(H,13,15)(H,16,17)/t9-,10+/m1/s1. The molecule has 2 N–H and O–H groups in total. The smallest absolute Gasteiger partial charge is 0.307 e. The van der Waals surface area contributed by atoms with Gasteiger partial charge in [-0.3, -0.25) is 9.59 Å². The van der Waals surface area contributed by atoms with Crippen LogP contribution in [0.4, 0.5) is 0 Å². The quantitative estimate of drug-likeness (QED) is 0.668. The second kappa shape index (κ2) is 6.59. The highest BCUT2D eigenvalue weighted by atomic mass is 16.4. The van der Waals surface area contributed by atoms with Crippen molar-refractivity contribution < 1.29 is 14.7 Å². The van der Waals surface area contributed by atoms with Crippen LogP contribution in [0, 0.1) is 11.8 Å². The van der Waals surface area contributed by atoms with Crippen molar-refractivity contribution in [3.8, 4) is 0 Å². The van der Waals surface area contributed by atoms with Gasteiger partial charge in [-0.25, -0.2) is 0 Å². The number of hydrogen-bond donors (Lipinski definition) is 2. The van der Waals surface area contributed by atoms with Gasteiger partial charge in [-0.15, -0.1) is 0 Å². The van der Waals surface area contributed by atoms with E-state index in [0.717, 1.165) is 19.4 Å². The number of carboxylic acids is 1. The zero-order chi connectivity index (χ0) is 12.8. The molecule has 0 aromatic heterocycles. The van der Waals surface area contributed by atoms with E-state index in [-0.39, 0.29) is 11.8 Å². The minimum atomic E-state index is -0.837. The third kappa shape index (κ3) is 4.34. The van der Waals surface area contributed by atoms with Crippen molar-refractivity contribution in [2.24, 2.45) is 11.8 Å². The van der Waals surface area contributed by atoms with Crippen LogP contribution in [0.1, 0.15) is 25.7 Å². The predicted octanol–water partition coefficient (Wildman–Crippen LogP) is 0.555. The van der Waals surface area contributed by atoms with Gasteiger partial charge < -0.3 is 15.3 Å². The summed E-state index contributed by atoms with van der Waals surface area (Å²) in [5, 5.41) is 11.8. The molecule has 1 aliphatic rings. The first-order chi connectivity index (χ1) is 8.02. The summed E-state index contributed by atoms with van der Waals surface area (Å²) in [6.45, 7) is 1.55. The van der Waals surface area contributed by atoms with Crippen molar-refractivity contribution in [3.63, 3.8) is 0 Å². The number of carboxylic acid groups (broad SMARTS) is 1. The van der Waals surface area contributed by atoms with E-state index in [1.165, 1.54) is 0 Å². The second-order valence-corrected chi connectivity index (χ2v) is 4.93. The Morgan fingerprint density at radius 3 is 2.53 bits per heavy atom. The summed E-state index contributed by atoms with van der Waals surface area (Å²) < 4.78 is 0. The molecule has 1 saturated carbocycles. The molecule has 1 rings (SSSR count). The Hall–Kier alpha value is -1.10. The fraction of sp³-hybridized carbons (Fsp3) is 0.833. The lowest BCUT2D eigenvalue weighted by molar-refractivity contribution is -0.146. The average molecular weight is 242 g/mol. The summed E-state index contributed by atoms with van der Waals surface area (Å²) in [5.74, 6) is -1.74. The largest absolute Gasteiger partial charge is 0.481 e. The molecule has 1 fully saturated rings. The summed E-state index contributed by atoms with van der Waals surface area (Å²) >= 11 is 0. The fourth-order valence-corrected chi connectivity index (χ4v) is 2.31. The molecule has 17 heavy (non-hydrogen) atoms. The van der Waals surface area contributed by atoms with E-state index >= 15 is 0 Å². The predicted molar refractivity (Wildman–Crippen MR) is 64.6 cm³/mol. The van der Waals surface area contributed by atoms with Gasteiger partial charge in [-0.1, -0.05) is 6.42 Å². The molecule has 5 heteroatoms. The number of nitrogens with zero attached hydrogens (tertiary/aromatic N) is 1. The van der Waals surface area contributed by atoms with E-state index in [0.29, 0.717) is 19.4 Å². The Morgan fingerprint density at radius 1 is 1.29 bits per heavy atom. The van der Waals surface area contributed by atoms with Crippen LogP contribution >= 0.6 is 0 Å². The Morgan fingerprint density at radius 2 is 1.94 bits per heavy atom. The molecule has 5 nitrogen and oxygen atoms in total. The van der Waals surface area contributed by atoms with Crippen molar-refractivity contribution in [1.29, 1.82) is 0 Å². The summed E-state index contributed by atoms with van der Waals surface area (Å²) in [6.07, 6.45) is 3.07. The number of carbonyl (C=O) groups excluding carboxylic acids is 1. The molecule has 0 bridgehead atoms. The minimum absolute atomic E-state index is 0.0892. The Balaban J connectivity index is 2.29. The van der Waals surface area contributed by atoms with E-state index in [1.54, 1.807) is 0 Å². The van der Waals surface area contributed by atoms with Crippen LogP contribution in [0.2, 0.25) is 0 Å². The van der Waals surface area contributed by atoms with Gasteiger partial charge in [0.05, 0.1) is 11.8 Å². The van der Waals surface area contributed by atoms with E-state index < -0.39 is 11.9 Å². The summed E-state index contributed by atoms with van der Waals surface area (Å²) in [4.78, 5) is 24.8. The van der Waals surface area contributed by atoms with Gasteiger partial charge in [-0.05, 0) is 39.9 Å². The Labute approximate surface area is 102 Å².